The highest BCUT2D eigenvalue weighted by atomic mass is 79.9. The molecule has 1 fully saturated rings. The zero-order valence-electron chi connectivity index (χ0n) is 12.0. The van der Waals surface area contributed by atoms with Gasteiger partial charge in [-0.3, -0.25) is 9.79 Å². The minimum atomic E-state index is -0.0486. The van der Waals surface area contributed by atoms with Gasteiger partial charge in [0.05, 0.1) is 6.54 Å². The van der Waals surface area contributed by atoms with Crippen LogP contribution < -0.4 is 11.1 Å². The number of benzene rings is 1. The molecule has 2 rings (SSSR count). The van der Waals surface area contributed by atoms with Gasteiger partial charge in [0.2, 0.25) is 5.91 Å². The number of likely N-dealkylation sites (tertiary alicyclic amines) is 1. The Morgan fingerprint density at radius 2 is 1.90 bits per heavy atom. The normalized spacial score (nSPS) is 15.9. The van der Waals surface area contributed by atoms with Crippen molar-refractivity contribution in [2.75, 3.05) is 25.0 Å². The Labute approximate surface area is 133 Å². The molecular weight excluding hydrogens is 332 g/mol. The lowest BCUT2D eigenvalue weighted by atomic mass is 10.1. The molecule has 1 aliphatic heterocycles. The summed E-state index contributed by atoms with van der Waals surface area (Å²) < 4.78 is 0.986. The van der Waals surface area contributed by atoms with E-state index in [-0.39, 0.29) is 5.91 Å². The second-order valence-electron chi connectivity index (χ2n) is 5.09. The maximum atomic E-state index is 11.8. The highest BCUT2D eigenvalue weighted by Crippen LogP contribution is 2.14. The van der Waals surface area contributed by atoms with Crippen LogP contribution in [0.3, 0.4) is 0 Å². The summed E-state index contributed by atoms with van der Waals surface area (Å²) in [5, 5.41) is 2.84. The second kappa shape index (κ2) is 8.02. The van der Waals surface area contributed by atoms with E-state index in [2.05, 4.69) is 31.1 Å². The fourth-order valence-electron chi connectivity index (χ4n) is 2.25. The fourth-order valence-corrected chi connectivity index (χ4v) is 2.52. The summed E-state index contributed by atoms with van der Waals surface area (Å²) in [6.07, 6.45) is 3.94. The molecule has 1 heterocycles. The van der Waals surface area contributed by atoms with Crippen LogP contribution in [0.15, 0.2) is 33.7 Å². The number of hydrogen-bond acceptors (Lipinski definition) is 2. The molecule has 0 saturated carbocycles. The summed E-state index contributed by atoms with van der Waals surface area (Å²) in [5.41, 5.74) is 6.73. The largest absolute Gasteiger partial charge is 0.370 e. The number of nitrogens with one attached hydrogen (secondary N) is 1. The Hall–Kier alpha value is -1.56. The summed E-state index contributed by atoms with van der Waals surface area (Å²) in [4.78, 5) is 18.2. The minimum Gasteiger partial charge on any atom is -0.370 e. The molecule has 0 unspecified atom stereocenters. The van der Waals surface area contributed by atoms with Gasteiger partial charge in [0.15, 0.2) is 5.96 Å². The number of carbonyl (C=O) groups is 1. The molecular formula is C15H21BrN4O. The van der Waals surface area contributed by atoms with E-state index in [1.54, 1.807) is 0 Å². The van der Waals surface area contributed by atoms with Crippen molar-refractivity contribution in [1.82, 2.24) is 4.90 Å². The van der Waals surface area contributed by atoms with Crippen molar-refractivity contribution in [2.24, 2.45) is 10.7 Å². The lowest BCUT2D eigenvalue weighted by molar-refractivity contribution is -0.116. The third-order valence-electron chi connectivity index (χ3n) is 3.42. The van der Waals surface area contributed by atoms with Crippen LogP contribution in [-0.2, 0) is 4.79 Å². The van der Waals surface area contributed by atoms with Crippen LogP contribution in [-0.4, -0.2) is 36.4 Å². The van der Waals surface area contributed by atoms with Gasteiger partial charge in [-0.25, -0.2) is 0 Å². The fraction of sp³-hybridized carbons (Fsp3) is 0.467. The highest BCUT2D eigenvalue weighted by molar-refractivity contribution is 9.10. The lowest BCUT2D eigenvalue weighted by Crippen LogP contribution is -2.41. The Morgan fingerprint density at radius 1 is 1.24 bits per heavy atom. The first-order valence-corrected chi connectivity index (χ1v) is 8.05. The van der Waals surface area contributed by atoms with Crippen LogP contribution in [0.5, 0.6) is 0 Å². The van der Waals surface area contributed by atoms with Crippen LogP contribution in [0.1, 0.15) is 25.7 Å². The van der Waals surface area contributed by atoms with Gasteiger partial charge in [0.1, 0.15) is 0 Å². The van der Waals surface area contributed by atoms with E-state index in [1.165, 1.54) is 19.3 Å². The molecule has 1 aromatic carbocycles. The van der Waals surface area contributed by atoms with Crippen LogP contribution in [0.2, 0.25) is 0 Å². The summed E-state index contributed by atoms with van der Waals surface area (Å²) in [6, 6.07) is 7.49. The number of carbonyl (C=O) groups excluding carboxylic acids is 1. The van der Waals surface area contributed by atoms with Gasteiger partial charge in [0, 0.05) is 29.7 Å². The number of amides is 1. The summed E-state index contributed by atoms with van der Waals surface area (Å²) in [6.45, 7) is 2.37. The predicted octanol–water partition coefficient (Wildman–Crippen LogP) is 2.58. The highest BCUT2D eigenvalue weighted by Gasteiger charge is 2.11. The van der Waals surface area contributed by atoms with E-state index in [1.807, 2.05) is 24.3 Å². The van der Waals surface area contributed by atoms with Gasteiger partial charge in [-0.15, -0.1) is 0 Å². The summed E-state index contributed by atoms with van der Waals surface area (Å²) >= 11 is 3.36. The lowest BCUT2D eigenvalue weighted by Gasteiger charge is -2.27. The third kappa shape index (κ3) is 5.38. The molecule has 0 aromatic heterocycles. The zero-order chi connectivity index (χ0) is 15.1. The van der Waals surface area contributed by atoms with Crippen LogP contribution in [0.25, 0.3) is 0 Å². The first-order chi connectivity index (χ1) is 10.1. The van der Waals surface area contributed by atoms with Crippen molar-refractivity contribution in [3.8, 4) is 0 Å². The molecule has 0 spiro atoms. The van der Waals surface area contributed by atoms with Gasteiger partial charge < -0.3 is 16.0 Å². The number of halogens is 1. The van der Waals surface area contributed by atoms with E-state index < -0.39 is 0 Å². The van der Waals surface area contributed by atoms with Gasteiger partial charge in [-0.2, -0.15) is 0 Å². The molecule has 114 valence electrons. The second-order valence-corrected chi connectivity index (χ2v) is 6.01. The average molecular weight is 353 g/mol. The number of aliphatic imine (C=N–C) groups is 1. The molecule has 21 heavy (non-hydrogen) atoms. The number of guanidine groups is 1. The van der Waals surface area contributed by atoms with Crippen LogP contribution in [0, 0.1) is 0 Å². The standard InChI is InChI=1S/C15H21BrN4O/c16-12-4-6-13(7-5-12)19-14(21)8-9-18-15(17)20-10-2-1-3-11-20/h4-7H,1-3,8-11H2,(H2,17,18)(H,19,21). The molecule has 0 atom stereocenters. The maximum absolute atomic E-state index is 11.8. The SMILES string of the molecule is NC(=NCCC(=O)Nc1ccc(Br)cc1)N1CCCCC1. The number of hydrogen-bond donors (Lipinski definition) is 2. The van der Waals surface area contributed by atoms with Crippen molar-refractivity contribution in [3.05, 3.63) is 28.7 Å². The molecule has 1 aromatic rings. The minimum absolute atomic E-state index is 0.0486. The van der Waals surface area contributed by atoms with Crippen molar-refractivity contribution >= 4 is 33.5 Å². The molecule has 1 aliphatic rings. The van der Waals surface area contributed by atoms with Crippen LogP contribution in [0.4, 0.5) is 5.69 Å². The molecule has 3 N–H and O–H groups in total. The van der Waals surface area contributed by atoms with Crippen molar-refractivity contribution in [3.63, 3.8) is 0 Å². The molecule has 6 heteroatoms. The Morgan fingerprint density at radius 3 is 2.57 bits per heavy atom. The van der Waals surface area contributed by atoms with Gasteiger partial charge in [-0.05, 0) is 43.5 Å². The van der Waals surface area contributed by atoms with Crippen molar-refractivity contribution < 1.29 is 4.79 Å². The predicted molar refractivity (Wildman–Crippen MR) is 89.3 cm³/mol. The Bertz CT molecular complexity index is 495. The van der Waals surface area contributed by atoms with Gasteiger partial charge in [-0.1, -0.05) is 15.9 Å². The van der Waals surface area contributed by atoms with E-state index >= 15 is 0 Å². The average Bonchev–Trinajstić information content (AvgIpc) is 2.50. The molecule has 5 nitrogen and oxygen atoms in total. The number of nitrogens with two attached hydrogens (primary N) is 1. The molecule has 0 bridgehead atoms. The number of rotatable bonds is 4. The van der Waals surface area contributed by atoms with E-state index in [4.69, 9.17) is 5.73 Å². The zero-order valence-corrected chi connectivity index (χ0v) is 13.6. The van der Waals surface area contributed by atoms with E-state index in [0.717, 1.165) is 23.2 Å². The van der Waals surface area contributed by atoms with Gasteiger partial charge in [0.25, 0.3) is 0 Å². The first kappa shape index (κ1) is 15.8. The van der Waals surface area contributed by atoms with Gasteiger partial charge >= 0.3 is 0 Å². The molecule has 1 amide bonds. The number of nitrogens with zero attached hydrogens (tertiary/aromatic N) is 2. The smallest absolute Gasteiger partial charge is 0.226 e. The summed E-state index contributed by atoms with van der Waals surface area (Å²) in [7, 11) is 0. The Kier molecular flexibility index (Phi) is 6.04. The third-order valence-corrected chi connectivity index (χ3v) is 3.95. The number of anilines is 1. The topological polar surface area (TPSA) is 70.7 Å². The summed E-state index contributed by atoms with van der Waals surface area (Å²) in [5.74, 6) is 0.513. The van der Waals surface area contributed by atoms with E-state index in [0.29, 0.717) is 18.9 Å². The quantitative estimate of drug-likeness (QED) is 0.646. The molecule has 0 aliphatic carbocycles. The van der Waals surface area contributed by atoms with Crippen LogP contribution >= 0.6 is 15.9 Å². The van der Waals surface area contributed by atoms with Crippen molar-refractivity contribution in [2.45, 2.75) is 25.7 Å². The Balaban J connectivity index is 1.74. The van der Waals surface area contributed by atoms with Crippen molar-refractivity contribution in [1.29, 1.82) is 0 Å². The number of piperidine rings is 1. The molecule has 0 radical (unpaired) electrons. The monoisotopic (exact) mass is 352 g/mol. The maximum Gasteiger partial charge on any atom is 0.226 e. The van der Waals surface area contributed by atoms with E-state index in [9.17, 15) is 4.79 Å². The first-order valence-electron chi connectivity index (χ1n) is 7.25. The molecule has 1 saturated heterocycles.